The summed E-state index contributed by atoms with van der Waals surface area (Å²) in [6.45, 7) is 0. The largest absolute Gasteiger partial charge is 0.506 e. The molecule has 1 N–H and O–H groups in total. The second-order valence-corrected chi connectivity index (χ2v) is 3.08. The van der Waals surface area contributed by atoms with Gasteiger partial charge in [0, 0.05) is 0 Å². The van der Waals surface area contributed by atoms with Crippen LogP contribution in [-0.4, -0.2) is 17.4 Å². The van der Waals surface area contributed by atoms with E-state index in [-0.39, 0.29) is 0 Å². The number of phenols is 1. The van der Waals surface area contributed by atoms with Crippen LogP contribution in [0.4, 0.5) is 22.0 Å². The lowest BCUT2D eigenvalue weighted by Gasteiger charge is -2.20. The summed E-state index contributed by atoms with van der Waals surface area (Å²) in [5.74, 6) is -1.61. The summed E-state index contributed by atoms with van der Waals surface area (Å²) < 4.78 is 63.6. The minimum atomic E-state index is -5.86. The van der Waals surface area contributed by atoms with Crippen molar-refractivity contribution in [3.63, 3.8) is 0 Å². The van der Waals surface area contributed by atoms with Crippen LogP contribution in [-0.2, 0) is 0 Å². The Labute approximate surface area is 91.2 Å². The Kier molecular flexibility index (Phi) is 3.18. The molecule has 90 valence electrons. The molecule has 0 aromatic heterocycles. The molecule has 0 saturated heterocycles. The van der Waals surface area contributed by atoms with E-state index in [0.29, 0.717) is 0 Å². The van der Waals surface area contributed by atoms with Crippen molar-refractivity contribution in [2.45, 2.75) is 12.3 Å². The number of hydrogen-bond donors (Lipinski definition) is 1. The Morgan fingerprint density at radius 1 is 1.12 bits per heavy atom. The van der Waals surface area contributed by atoms with Gasteiger partial charge in [-0.05, 0) is 12.1 Å². The summed E-state index contributed by atoms with van der Waals surface area (Å²) in [6, 6.07) is 2.81. The quantitative estimate of drug-likeness (QED) is 0.826. The number of rotatable bonds is 2. The molecule has 0 saturated carbocycles. The van der Waals surface area contributed by atoms with Gasteiger partial charge in [-0.1, -0.05) is 17.7 Å². The van der Waals surface area contributed by atoms with Crippen molar-refractivity contribution >= 4 is 11.6 Å². The van der Waals surface area contributed by atoms with E-state index < -0.39 is 28.8 Å². The minimum absolute atomic E-state index is 0.655. The van der Waals surface area contributed by atoms with Gasteiger partial charge in [0.15, 0.2) is 0 Å². The van der Waals surface area contributed by atoms with E-state index in [1.807, 2.05) is 0 Å². The van der Waals surface area contributed by atoms with Gasteiger partial charge in [0.25, 0.3) is 0 Å². The molecule has 0 fully saturated rings. The zero-order valence-corrected chi connectivity index (χ0v) is 8.11. The fourth-order valence-electron chi connectivity index (χ4n) is 0.774. The molecule has 1 rings (SSSR count). The van der Waals surface area contributed by atoms with E-state index in [9.17, 15) is 22.0 Å². The van der Waals surface area contributed by atoms with Crippen LogP contribution in [0.1, 0.15) is 0 Å². The van der Waals surface area contributed by atoms with Gasteiger partial charge in [-0.2, -0.15) is 22.0 Å². The SMILES string of the molecule is Oc1cccc(OC(F)(F)C(F)(F)F)c1Cl. The molecule has 0 aliphatic rings. The molecule has 0 bridgehead atoms. The number of phenolic OH excluding ortho intramolecular Hbond substituents is 1. The average Bonchev–Trinajstić information content (AvgIpc) is 2.11. The van der Waals surface area contributed by atoms with Gasteiger partial charge in [0.1, 0.15) is 16.5 Å². The number of alkyl halides is 5. The van der Waals surface area contributed by atoms with E-state index in [0.717, 1.165) is 18.2 Å². The highest BCUT2D eigenvalue weighted by Gasteiger charge is 2.61. The van der Waals surface area contributed by atoms with Crippen LogP contribution < -0.4 is 4.74 Å². The van der Waals surface area contributed by atoms with Gasteiger partial charge in [-0.3, -0.25) is 0 Å². The van der Waals surface area contributed by atoms with Crippen LogP contribution in [0, 0.1) is 0 Å². The molecular weight excluding hydrogens is 259 g/mol. The normalized spacial score (nSPS) is 12.6. The van der Waals surface area contributed by atoms with Crippen molar-refractivity contribution in [2.75, 3.05) is 0 Å². The molecule has 1 aromatic rings. The fourth-order valence-corrected chi connectivity index (χ4v) is 0.939. The standard InChI is InChI=1S/C8H4ClF5O2/c9-6-4(15)2-1-3-5(6)16-8(13,14)7(10,11)12/h1-3,15H. The van der Waals surface area contributed by atoms with E-state index in [1.165, 1.54) is 0 Å². The Bertz CT molecular complexity index is 391. The van der Waals surface area contributed by atoms with E-state index >= 15 is 0 Å². The van der Waals surface area contributed by atoms with Crippen LogP contribution in [0.15, 0.2) is 18.2 Å². The summed E-state index contributed by atoms with van der Waals surface area (Å²) in [4.78, 5) is 0. The van der Waals surface area contributed by atoms with Crippen molar-refractivity contribution < 1.29 is 31.8 Å². The maximum absolute atomic E-state index is 12.4. The van der Waals surface area contributed by atoms with Gasteiger partial charge < -0.3 is 9.84 Å². The van der Waals surface area contributed by atoms with Crippen molar-refractivity contribution in [1.82, 2.24) is 0 Å². The first-order valence-corrected chi connectivity index (χ1v) is 4.14. The van der Waals surface area contributed by atoms with Crippen LogP contribution in [0.25, 0.3) is 0 Å². The number of hydrogen-bond acceptors (Lipinski definition) is 2. The van der Waals surface area contributed by atoms with Gasteiger partial charge in [-0.15, -0.1) is 0 Å². The van der Waals surface area contributed by atoms with Gasteiger partial charge >= 0.3 is 12.3 Å². The molecule has 2 nitrogen and oxygen atoms in total. The van der Waals surface area contributed by atoms with E-state index in [1.54, 1.807) is 0 Å². The third-order valence-electron chi connectivity index (χ3n) is 1.51. The van der Waals surface area contributed by atoms with Gasteiger partial charge in [0.2, 0.25) is 0 Å². The minimum Gasteiger partial charge on any atom is -0.506 e. The lowest BCUT2D eigenvalue weighted by molar-refractivity contribution is -0.360. The monoisotopic (exact) mass is 262 g/mol. The highest BCUT2D eigenvalue weighted by molar-refractivity contribution is 6.33. The van der Waals surface area contributed by atoms with Crippen LogP contribution in [0.5, 0.6) is 11.5 Å². The molecule has 0 unspecified atom stereocenters. The maximum atomic E-state index is 12.4. The second-order valence-electron chi connectivity index (χ2n) is 2.71. The van der Waals surface area contributed by atoms with Crippen molar-refractivity contribution in [1.29, 1.82) is 0 Å². The maximum Gasteiger partial charge on any atom is 0.499 e. The summed E-state index contributed by atoms with van der Waals surface area (Å²) in [7, 11) is 0. The molecule has 8 heteroatoms. The fraction of sp³-hybridized carbons (Fsp3) is 0.250. The first-order valence-electron chi connectivity index (χ1n) is 3.76. The van der Waals surface area contributed by atoms with Crippen molar-refractivity contribution in [2.24, 2.45) is 0 Å². The molecule has 1 aromatic carbocycles. The zero-order chi connectivity index (χ0) is 12.6. The predicted molar refractivity (Wildman–Crippen MR) is 44.7 cm³/mol. The molecule has 0 heterocycles. The molecular formula is C8H4ClF5O2. The Morgan fingerprint density at radius 2 is 1.69 bits per heavy atom. The lowest BCUT2D eigenvalue weighted by atomic mass is 10.3. The summed E-state index contributed by atoms with van der Waals surface area (Å²) >= 11 is 5.27. The van der Waals surface area contributed by atoms with Gasteiger partial charge in [-0.25, -0.2) is 0 Å². The zero-order valence-electron chi connectivity index (χ0n) is 7.36. The lowest BCUT2D eigenvalue weighted by Crippen LogP contribution is -2.41. The van der Waals surface area contributed by atoms with E-state index in [2.05, 4.69) is 4.74 Å². The first kappa shape index (κ1) is 12.8. The summed E-state index contributed by atoms with van der Waals surface area (Å²) in [5.41, 5.74) is 0. The smallest absolute Gasteiger partial charge is 0.499 e. The predicted octanol–water partition coefficient (Wildman–Crippen LogP) is 3.58. The van der Waals surface area contributed by atoms with Crippen LogP contribution in [0.2, 0.25) is 5.02 Å². The highest BCUT2D eigenvalue weighted by atomic mass is 35.5. The summed E-state index contributed by atoms with van der Waals surface area (Å²) in [5, 5.41) is 8.25. The Morgan fingerprint density at radius 3 is 2.19 bits per heavy atom. The molecule has 0 radical (unpaired) electrons. The average molecular weight is 263 g/mol. The second kappa shape index (κ2) is 3.97. The number of halogens is 6. The molecule has 0 spiro atoms. The molecule has 0 amide bonds. The van der Waals surface area contributed by atoms with Crippen molar-refractivity contribution in [3.05, 3.63) is 23.2 Å². The third kappa shape index (κ3) is 2.46. The molecule has 0 atom stereocenters. The summed E-state index contributed by atoms with van der Waals surface area (Å²) in [6.07, 6.45) is -11.2. The van der Waals surface area contributed by atoms with Crippen molar-refractivity contribution in [3.8, 4) is 11.5 Å². The number of benzene rings is 1. The number of aromatic hydroxyl groups is 1. The Balaban J connectivity index is 3.02. The third-order valence-corrected chi connectivity index (χ3v) is 1.89. The topological polar surface area (TPSA) is 29.5 Å². The van der Waals surface area contributed by atoms with E-state index in [4.69, 9.17) is 16.7 Å². The molecule has 16 heavy (non-hydrogen) atoms. The highest BCUT2D eigenvalue weighted by Crippen LogP contribution is 2.41. The molecule has 0 aliphatic heterocycles. The molecule has 0 aliphatic carbocycles. The Hall–Kier alpha value is -1.24. The number of ether oxygens (including phenoxy) is 1. The van der Waals surface area contributed by atoms with Crippen LogP contribution in [0.3, 0.4) is 0 Å². The first-order chi connectivity index (χ1) is 7.15. The van der Waals surface area contributed by atoms with Gasteiger partial charge in [0.05, 0.1) is 0 Å². The van der Waals surface area contributed by atoms with Crippen LogP contribution >= 0.6 is 11.6 Å².